The van der Waals surface area contributed by atoms with E-state index < -0.39 is 17.7 Å². The standard InChI is InChI=1S/C15H14F2O2/c1-10(18)11-2-5-14(6-3-11)19-9-12-8-13(16)4-7-15(12)17/h2-8,10,18H,9H2,1H3/t10-/m0/s1. The van der Waals surface area contributed by atoms with Crippen LogP contribution in [0.3, 0.4) is 0 Å². The molecule has 0 aliphatic rings. The number of hydrogen-bond acceptors (Lipinski definition) is 2. The summed E-state index contributed by atoms with van der Waals surface area (Å²) >= 11 is 0. The first-order valence-corrected chi connectivity index (χ1v) is 5.91. The van der Waals surface area contributed by atoms with Crippen molar-refractivity contribution in [2.24, 2.45) is 0 Å². The van der Waals surface area contributed by atoms with Crippen LogP contribution in [0.1, 0.15) is 24.2 Å². The molecule has 100 valence electrons. The van der Waals surface area contributed by atoms with Crippen molar-refractivity contribution in [1.29, 1.82) is 0 Å². The Morgan fingerprint density at radius 1 is 1.11 bits per heavy atom. The van der Waals surface area contributed by atoms with E-state index in [1.807, 2.05) is 0 Å². The van der Waals surface area contributed by atoms with Gasteiger partial charge >= 0.3 is 0 Å². The summed E-state index contributed by atoms with van der Waals surface area (Å²) in [6.45, 7) is 1.62. The first-order chi connectivity index (χ1) is 9.06. The zero-order valence-corrected chi connectivity index (χ0v) is 10.4. The summed E-state index contributed by atoms with van der Waals surface area (Å²) in [7, 11) is 0. The second-order valence-electron chi connectivity index (χ2n) is 4.27. The zero-order chi connectivity index (χ0) is 13.8. The van der Waals surface area contributed by atoms with Gasteiger partial charge in [0.2, 0.25) is 0 Å². The fourth-order valence-electron chi connectivity index (χ4n) is 1.66. The van der Waals surface area contributed by atoms with Crippen molar-refractivity contribution in [1.82, 2.24) is 0 Å². The molecule has 0 bridgehead atoms. The lowest BCUT2D eigenvalue weighted by Gasteiger charge is -2.09. The number of ether oxygens (including phenoxy) is 1. The van der Waals surface area contributed by atoms with E-state index in [2.05, 4.69) is 0 Å². The van der Waals surface area contributed by atoms with Crippen molar-refractivity contribution in [2.45, 2.75) is 19.6 Å². The third kappa shape index (κ3) is 3.51. The van der Waals surface area contributed by atoms with Crippen molar-refractivity contribution in [3.63, 3.8) is 0 Å². The second-order valence-corrected chi connectivity index (χ2v) is 4.27. The molecule has 1 atom stereocenters. The molecule has 2 aromatic carbocycles. The van der Waals surface area contributed by atoms with E-state index in [1.165, 1.54) is 0 Å². The van der Waals surface area contributed by atoms with Gasteiger partial charge in [-0.15, -0.1) is 0 Å². The quantitative estimate of drug-likeness (QED) is 0.914. The second kappa shape index (κ2) is 5.80. The SMILES string of the molecule is C[C@H](O)c1ccc(OCc2cc(F)ccc2F)cc1. The van der Waals surface area contributed by atoms with Crippen LogP contribution >= 0.6 is 0 Å². The molecule has 1 N–H and O–H groups in total. The van der Waals surface area contributed by atoms with Gasteiger partial charge in [-0.05, 0) is 42.8 Å². The van der Waals surface area contributed by atoms with Crippen LogP contribution in [0.4, 0.5) is 8.78 Å². The largest absolute Gasteiger partial charge is 0.489 e. The van der Waals surface area contributed by atoms with Gasteiger partial charge in [-0.3, -0.25) is 0 Å². The minimum absolute atomic E-state index is 0.0440. The Morgan fingerprint density at radius 3 is 2.42 bits per heavy atom. The van der Waals surface area contributed by atoms with Crippen molar-refractivity contribution in [2.75, 3.05) is 0 Å². The first-order valence-electron chi connectivity index (χ1n) is 5.91. The van der Waals surface area contributed by atoms with E-state index >= 15 is 0 Å². The molecule has 0 aromatic heterocycles. The van der Waals surface area contributed by atoms with Crippen LogP contribution in [-0.2, 0) is 6.61 Å². The van der Waals surface area contributed by atoms with Crippen molar-refractivity contribution >= 4 is 0 Å². The van der Waals surface area contributed by atoms with Gasteiger partial charge in [-0.1, -0.05) is 12.1 Å². The van der Waals surface area contributed by atoms with Crippen molar-refractivity contribution in [3.05, 3.63) is 65.2 Å². The number of rotatable bonds is 4. The molecule has 0 aliphatic heterocycles. The summed E-state index contributed by atoms with van der Waals surface area (Å²) in [6.07, 6.45) is -0.547. The Labute approximate surface area is 110 Å². The van der Waals surface area contributed by atoms with Crippen LogP contribution < -0.4 is 4.74 Å². The molecule has 0 saturated carbocycles. The normalized spacial score (nSPS) is 12.2. The van der Waals surface area contributed by atoms with Gasteiger partial charge in [-0.25, -0.2) is 8.78 Å². The van der Waals surface area contributed by atoms with Gasteiger partial charge in [0.15, 0.2) is 0 Å². The van der Waals surface area contributed by atoms with E-state index in [0.29, 0.717) is 5.75 Å². The molecule has 19 heavy (non-hydrogen) atoms. The highest BCUT2D eigenvalue weighted by Crippen LogP contribution is 2.19. The summed E-state index contributed by atoms with van der Waals surface area (Å²) in [5.41, 5.74) is 0.934. The maximum absolute atomic E-state index is 13.4. The topological polar surface area (TPSA) is 29.5 Å². The molecule has 0 saturated heterocycles. The highest BCUT2D eigenvalue weighted by atomic mass is 19.1. The predicted molar refractivity (Wildman–Crippen MR) is 67.8 cm³/mol. The van der Waals surface area contributed by atoms with E-state index in [-0.39, 0.29) is 12.2 Å². The van der Waals surface area contributed by atoms with Crippen LogP contribution in [0, 0.1) is 11.6 Å². The number of aliphatic hydroxyl groups is 1. The lowest BCUT2D eigenvalue weighted by molar-refractivity contribution is 0.199. The van der Waals surface area contributed by atoms with Gasteiger partial charge < -0.3 is 9.84 Å². The number of halogens is 2. The van der Waals surface area contributed by atoms with Crippen LogP contribution in [-0.4, -0.2) is 5.11 Å². The van der Waals surface area contributed by atoms with Gasteiger partial charge in [0.25, 0.3) is 0 Å². The molecule has 4 heteroatoms. The molecule has 0 unspecified atom stereocenters. The lowest BCUT2D eigenvalue weighted by Crippen LogP contribution is -1.99. The molecule has 0 spiro atoms. The van der Waals surface area contributed by atoms with Gasteiger partial charge in [0.05, 0.1) is 6.10 Å². The zero-order valence-electron chi connectivity index (χ0n) is 10.4. The average molecular weight is 264 g/mol. The Balaban J connectivity index is 2.04. The van der Waals surface area contributed by atoms with E-state index in [4.69, 9.17) is 4.74 Å². The van der Waals surface area contributed by atoms with Gasteiger partial charge in [0, 0.05) is 5.56 Å². The molecule has 0 amide bonds. The van der Waals surface area contributed by atoms with Gasteiger partial charge in [0.1, 0.15) is 24.0 Å². The van der Waals surface area contributed by atoms with Crippen LogP contribution in [0.15, 0.2) is 42.5 Å². The molecule has 2 nitrogen and oxygen atoms in total. The Hall–Kier alpha value is -1.94. The molecule has 0 heterocycles. The van der Waals surface area contributed by atoms with Crippen LogP contribution in [0.2, 0.25) is 0 Å². The highest BCUT2D eigenvalue weighted by molar-refractivity contribution is 5.29. The number of aliphatic hydroxyl groups excluding tert-OH is 1. The number of benzene rings is 2. The fourth-order valence-corrected chi connectivity index (χ4v) is 1.66. The lowest BCUT2D eigenvalue weighted by atomic mass is 10.1. The molecule has 0 fully saturated rings. The monoisotopic (exact) mass is 264 g/mol. The predicted octanol–water partition coefficient (Wildman–Crippen LogP) is 3.60. The van der Waals surface area contributed by atoms with Crippen LogP contribution in [0.25, 0.3) is 0 Å². The fraction of sp³-hybridized carbons (Fsp3) is 0.200. The third-order valence-corrected chi connectivity index (χ3v) is 2.76. The molecule has 0 aliphatic carbocycles. The highest BCUT2D eigenvalue weighted by Gasteiger charge is 2.05. The summed E-state index contributed by atoms with van der Waals surface area (Å²) < 4.78 is 31.7. The third-order valence-electron chi connectivity index (χ3n) is 2.76. The Bertz CT molecular complexity index is 551. The minimum atomic E-state index is -0.547. The Morgan fingerprint density at radius 2 is 1.79 bits per heavy atom. The van der Waals surface area contributed by atoms with E-state index in [9.17, 15) is 13.9 Å². The minimum Gasteiger partial charge on any atom is -0.489 e. The first kappa shape index (κ1) is 13.5. The maximum atomic E-state index is 13.4. The van der Waals surface area contributed by atoms with Crippen molar-refractivity contribution < 1.29 is 18.6 Å². The summed E-state index contributed by atoms with van der Waals surface area (Å²) in [5.74, 6) is -0.459. The van der Waals surface area contributed by atoms with Crippen LogP contribution in [0.5, 0.6) is 5.75 Å². The average Bonchev–Trinajstić information content (AvgIpc) is 2.40. The number of hydrogen-bond donors (Lipinski definition) is 1. The molecular weight excluding hydrogens is 250 g/mol. The molecular formula is C15H14F2O2. The summed E-state index contributed by atoms with van der Waals surface area (Å²) in [5, 5.41) is 9.36. The van der Waals surface area contributed by atoms with E-state index in [1.54, 1.807) is 31.2 Å². The smallest absolute Gasteiger partial charge is 0.130 e. The Kier molecular flexibility index (Phi) is 4.12. The summed E-state index contributed by atoms with van der Waals surface area (Å²) in [6, 6.07) is 10.1. The molecule has 2 rings (SSSR count). The van der Waals surface area contributed by atoms with E-state index in [0.717, 1.165) is 23.8 Å². The van der Waals surface area contributed by atoms with Gasteiger partial charge in [-0.2, -0.15) is 0 Å². The maximum Gasteiger partial charge on any atom is 0.130 e. The molecule has 2 aromatic rings. The van der Waals surface area contributed by atoms with Crippen molar-refractivity contribution in [3.8, 4) is 5.75 Å². The molecule has 0 radical (unpaired) electrons. The summed E-state index contributed by atoms with van der Waals surface area (Å²) in [4.78, 5) is 0.